The number of carbonyl (C=O) groups is 1. The van der Waals surface area contributed by atoms with Gasteiger partial charge in [-0.2, -0.15) is 0 Å². The molecule has 1 spiro atoms. The van der Waals surface area contributed by atoms with Gasteiger partial charge in [-0.25, -0.2) is 4.98 Å². The third-order valence-electron chi connectivity index (χ3n) is 4.59. The van der Waals surface area contributed by atoms with Crippen LogP contribution in [0.5, 0.6) is 0 Å². The Hall–Kier alpha value is -0.980. The molecule has 2 fully saturated rings. The normalized spacial score (nSPS) is 23.2. The molecule has 0 saturated carbocycles. The number of carbonyl (C=O) groups excluding carboxylic acids is 1. The van der Waals surface area contributed by atoms with Gasteiger partial charge < -0.3 is 14.4 Å². The molecule has 5 nitrogen and oxygen atoms in total. The highest BCUT2D eigenvalue weighted by Gasteiger charge is 2.43. The predicted molar refractivity (Wildman–Crippen MR) is 89.4 cm³/mol. The number of likely N-dealkylation sites (tertiary alicyclic amines) is 1. The van der Waals surface area contributed by atoms with Crippen LogP contribution in [0, 0.1) is 12.3 Å². The molecule has 1 aromatic rings. The number of hydrogen-bond acceptors (Lipinski definition) is 5. The van der Waals surface area contributed by atoms with Crippen LogP contribution in [0.15, 0.2) is 5.38 Å². The third-order valence-corrected chi connectivity index (χ3v) is 5.41. The van der Waals surface area contributed by atoms with Crippen molar-refractivity contribution < 1.29 is 14.3 Å². The highest BCUT2D eigenvalue weighted by Crippen LogP contribution is 2.36. The lowest BCUT2D eigenvalue weighted by Gasteiger charge is -2.47. The van der Waals surface area contributed by atoms with E-state index in [1.54, 1.807) is 11.3 Å². The Balaban J connectivity index is 1.46. The van der Waals surface area contributed by atoms with Crippen molar-refractivity contribution in [1.29, 1.82) is 0 Å². The minimum Gasteiger partial charge on any atom is -0.349 e. The molecule has 0 atom stereocenters. The Bertz CT molecular complexity index is 550. The zero-order chi connectivity index (χ0) is 16.5. The van der Waals surface area contributed by atoms with Crippen LogP contribution in [0.25, 0.3) is 0 Å². The Labute approximate surface area is 142 Å². The van der Waals surface area contributed by atoms with Crippen LogP contribution >= 0.6 is 11.3 Å². The number of thiazole rings is 1. The van der Waals surface area contributed by atoms with Crippen molar-refractivity contribution in [1.82, 2.24) is 9.88 Å². The molecule has 2 aliphatic heterocycles. The molecule has 0 aromatic carbocycles. The SMILES string of the molecule is Cc1nc(CCC(=O)N2CCC3(CC2)OCC(C)(C)CO3)cs1. The summed E-state index contributed by atoms with van der Waals surface area (Å²) < 4.78 is 12.0. The lowest BCUT2D eigenvalue weighted by atomic mass is 9.92. The molecule has 0 aliphatic carbocycles. The molecule has 3 rings (SSSR count). The van der Waals surface area contributed by atoms with E-state index in [0.717, 1.165) is 56.3 Å². The number of nitrogens with zero attached hydrogens (tertiary/aromatic N) is 2. The summed E-state index contributed by atoms with van der Waals surface area (Å²) in [5.74, 6) is -0.250. The van der Waals surface area contributed by atoms with E-state index in [1.165, 1.54) is 0 Å². The van der Waals surface area contributed by atoms with Gasteiger partial charge in [-0.05, 0) is 13.3 Å². The zero-order valence-corrected chi connectivity index (χ0v) is 15.1. The lowest BCUT2D eigenvalue weighted by Crippen LogP contribution is -2.54. The molecule has 1 aromatic heterocycles. The van der Waals surface area contributed by atoms with Gasteiger partial charge >= 0.3 is 0 Å². The number of hydrogen-bond donors (Lipinski definition) is 0. The molecular formula is C17H26N2O3S. The highest BCUT2D eigenvalue weighted by atomic mass is 32.1. The fourth-order valence-corrected chi connectivity index (χ4v) is 3.69. The van der Waals surface area contributed by atoms with Crippen molar-refractivity contribution in [2.75, 3.05) is 26.3 Å². The molecule has 128 valence electrons. The fourth-order valence-electron chi connectivity index (χ4n) is 3.04. The van der Waals surface area contributed by atoms with Gasteiger partial charge in [-0.15, -0.1) is 11.3 Å². The fraction of sp³-hybridized carbons (Fsp3) is 0.765. The number of aryl methyl sites for hydroxylation is 2. The van der Waals surface area contributed by atoms with Crippen molar-refractivity contribution in [3.8, 4) is 0 Å². The summed E-state index contributed by atoms with van der Waals surface area (Å²) in [5.41, 5.74) is 1.11. The molecule has 1 amide bonds. The van der Waals surface area contributed by atoms with Crippen LogP contribution in [0.2, 0.25) is 0 Å². The first-order valence-corrected chi connectivity index (χ1v) is 9.22. The van der Waals surface area contributed by atoms with Gasteiger partial charge in [0, 0.05) is 43.1 Å². The average molecular weight is 338 g/mol. The number of piperidine rings is 1. The molecule has 2 saturated heterocycles. The van der Waals surface area contributed by atoms with Crippen molar-refractivity contribution >= 4 is 17.2 Å². The molecule has 23 heavy (non-hydrogen) atoms. The van der Waals surface area contributed by atoms with Crippen molar-refractivity contribution in [3.05, 3.63) is 16.1 Å². The first kappa shape index (κ1) is 16.9. The summed E-state index contributed by atoms with van der Waals surface area (Å²) in [6.07, 6.45) is 2.80. The van der Waals surface area contributed by atoms with E-state index in [9.17, 15) is 4.79 Å². The molecular weight excluding hydrogens is 312 g/mol. The topological polar surface area (TPSA) is 51.7 Å². The van der Waals surface area contributed by atoms with Gasteiger partial charge in [0.1, 0.15) is 0 Å². The van der Waals surface area contributed by atoms with Gasteiger partial charge in [0.05, 0.1) is 23.9 Å². The minimum atomic E-state index is -0.460. The van der Waals surface area contributed by atoms with Crippen LogP contribution in [0.3, 0.4) is 0 Å². The molecule has 3 heterocycles. The summed E-state index contributed by atoms with van der Waals surface area (Å²) in [7, 11) is 0. The standard InChI is InChI=1S/C17H26N2O3S/c1-13-18-14(10-23-13)4-5-15(20)19-8-6-17(7-9-19)21-11-16(2,3)12-22-17/h10H,4-9,11-12H2,1-3H3. The van der Waals surface area contributed by atoms with E-state index in [0.29, 0.717) is 6.42 Å². The second-order valence-electron chi connectivity index (χ2n) is 7.39. The highest BCUT2D eigenvalue weighted by molar-refractivity contribution is 7.09. The minimum absolute atomic E-state index is 0.0872. The van der Waals surface area contributed by atoms with Crippen LogP contribution in [0.4, 0.5) is 0 Å². The monoisotopic (exact) mass is 338 g/mol. The van der Waals surface area contributed by atoms with E-state index < -0.39 is 5.79 Å². The van der Waals surface area contributed by atoms with E-state index >= 15 is 0 Å². The van der Waals surface area contributed by atoms with E-state index in [4.69, 9.17) is 9.47 Å². The Kier molecular flexibility index (Phi) is 4.76. The Morgan fingerprint density at radius 2 is 1.96 bits per heavy atom. The van der Waals surface area contributed by atoms with Crippen LogP contribution in [-0.2, 0) is 20.7 Å². The smallest absolute Gasteiger partial charge is 0.222 e. The Morgan fingerprint density at radius 3 is 2.52 bits per heavy atom. The second-order valence-corrected chi connectivity index (χ2v) is 8.45. The van der Waals surface area contributed by atoms with Crippen LogP contribution in [0.1, 0.15) is 43.8 Å². The number of rotatable bonds is 3. The first-order chi connectivity index (χ1) is 10.9. The summed E-state index contributed by atoms with van der Waals surface area (Å²) in [6, 6.07) is 0. The molecule has 0 radical (unpaired) electrons. The van der Waals surface area contributed by atoms with Gasteiger partial charge in [0.2, 0.25) is 5.91 Å². The number of amides is 1. The summed E-state index contributed by atoms with van der Waals surface area (Å²) in [5, 5.41) is 3.10. The first-order valence-electron chi connectivity index (χ1n) is 8.34. The molecule has 0 unspecified atom stereocenters. The quantitative estimate of drug-likeness (QED) is 0.850. The van der Waals surface area contributed by atoms with Crippen molar-refractivity contribution in [2.45, 2.75) is 52.2 Å². The van der Waals surface area contributed by atoms with Gasteiger partial charge in [0.25, 0.3) is 0 Å². The summed E-state index contributed by atoms with van der Waals surface area (Å²) in [6.45, 7) is 9.18. The summed E-state index contributed by atoms with van der Waals surface area (Å²) >= 11 is 1.64. The third kappa shape index (κ3) is 4.11. The molecule has 0 N–H and O–H groups in total. The molecule has 2 aliphatic rings. The van der Waals surface area contributed by atoms with E-state index in [2.05, 4.69) is 18.8 Å². The lowest BCUT2D eigenvalue weighted by molar-refractivity contribution is -0.311. The number of ether oxygens (including phenoxy) is 2. The van der Waals surface area contributed by atoms with E-state index in [1.807, 2.05) is 17.2 Å². The average Bonchev–Trinajstić information content (AvgIpc) is 2.95. The van der Waals surface area contributed by atoms with Crippen LogP contribution in [-0.4, -0.2) is 47.9 Å². The number of aromatic nitrogens is 1. The van der Waals surface area contributed by atoms with E-state index in [-0.39, 0.29) is 11.3 Å². The largest absolute Gasteiger partial charge is 0.349 e. The molecule has 0 bridgehead atoms. The van der Waals surface area contributed by atoms with Crippen molar-refractivity contribution in [2.24, 2.45) is 5.41 Å². The maximum absolute atomic E-state index is 12.4. The van der Waals surface area contributed by atoms with Crippen LogP contribution < -0.4 is 0 Å². The predicted octanol–water partition coefficient (Wildman–Crippen LogP) is 2.78. The van der Waals surface area contributed by atoms with Gasteiger partial charge in [0.15, 0.2) is 5.79 Å². The maximum Gasteiger partial charge on any atom is 0.222 e. The van der Waals surface area contributed by atoms with Crippen molar-refractivity contribution in [3.63, 3.8) is 0 Å². The second kappa shape index (κ2) is 6.49. The van der Waals surface area contributed by atoms with Gasteiger partial charge in [-0.3, -0.25) is 4.79 Å². The maximum atomic E-state index is 12.4. The zero-order valence-electron chi connectivity index (χ0n) is 14.3. The van der Waals surface area contributed by atoms with Gasteiger partial charge in [-0.1, -0.05) is 13.8 Å². The Morgan fingerprint density at radius 1 is 1.30 bits per heavy atom. The molecule has 6 heteroatoms. The summed E-state index contributed by atoms with van der Waals surface area (Å²) in [4.78, 5) is 18.7.